The first-order valence-electron chi connectivity index (χ1n) is 5.80. The number of benzene rings is 1. The van der Waals surface area contributed by atoms with Crippen LogP contribution in [0.2, 0.25) is 0 Å². The number of fused-ring (bicyclic) bond motifs is 1. The predicted octanol–water partition coefficient (Wildman–Crippen LogP) is 3.57. The molecular weight excluding hydrogens is 344 g/mol. The molecule has 0 unspecified atom stereocenters. The number of aromatic amines is 1. The number of nitrogens with one attached hydrogen (secondary N) is 1. The van der Waals surface area contributed by atoms with Crippen molar-refractivity contribution < 1.29 is 0 Å². The molecule has 19 heavy (non-hydrogen) atoms. The Morgan fingerprint density at radius 2 is 2.21 bits per heavy atom. The van der Waals surface area contributed by atoms with Crippen LogP contribution in [0.5, 0.6) is 0 Å². The SMILES string of the molecule is O=c1[nH]c(CSc2ccccc2Br)nc2c1CSC2. The van der Waals surface area contributed by atoms with Crippen LogP contribution in [0.4, 0.5) is 0 Å². The lowest BCUT2D eigenvalue weighted by molar-refractivity contribution is 0.943. The van der Waals surface area contributed by atoms with Crippen molar-refractivity contribution in [3.05, 3.63) is 56.2 Å². The van der Waals surface area contributed by atoms with Crippen molar-refractivity contribution in [1.29, 1.82) is 0 Å². The molecule has 0 bridgehead atoms. The van der Waals surface area contributed by atoms with Gasteiger partial charge >= 0.3 is 0 Å². The second-order valence-electron chi connectivity index (χ2n) is 4.15. The summed E-state index contributed by atoms with van der Waals surface area (Å²) < 4.78 is 1.07. The molecule has 98 valence electrons. The Morgan fingerprint density at radius 1 is 1.37 bits per heavy atom. The van der Waals surface area contributed by atoms with E-state index in [-0.39, 0.29) is 5.56 Å². The monoisotopic (exact) mass is 354 g/mol. The molecule has 1 aromatic carbocycles. The third kappa shape index (κ3) is 2.90. The van der Waals surface area contributed by atoms with Crippen LogP contribution in [0.3, 0.4) is 0 Å². The molecule has 0 spiro atoms. The normalized spacial score (nSPS) is 13.5. The lowest BCUT2D eigenvalue weighted by atomic mass is 10.3. The van der Waals surface area contributed by atoms with Crippen LogP contribution in [-0.2, 0) is 17.3 Å². The Bertz CT molecular complexity index is 672. The molecule has 0 saturated carbocycles. The second kappa shape index (κ2) is 5.73. The zero-order valence-electron chi connectivity index (χ0n) is 9.98. The minimum atomic E-state index is 0.0257. The molecule has 1 aromatic heterocycles. The molecule has 3 nitrogen and oxygen atoms in total. The van der Waals surface area contributed by atoms with E-state index in [2.05, 4.69) is 32.0 Å². The first-order valence-corrected chi connectivity index (χ1v) is 8.73. The standard InChI is InChI=1S/C13H11BrN2OS2/c14-9-3-1-2-4-11(9)19-7-12-15-10-6-18-5-8(10)13(17)16-12/h1-4H,5-7H2,(H,15,16,17). The predicted molar refractivity (Wildman–Crippen MR) is 83.6 cm³/mol. The fourth-order valence-corrected chi connectivity index (χ4v) is 4.36. The lowest BCUT2D eigenvalue weighted by Gasteiger charge is -2.05. The summed E-state index contributed by atoms with van der Waals surface area (Å²) in [6.07, 6.45) is 0. The van der Waals surface area contributed by atoms with E-state index in [9.17, 15) is 4.79 Å². The molecule has 0 saturated heterocycles. The molecule has 1 aliphatic heterocycles. The zero-order valence-corrected chi connectivity index (χ0v) is 13.2. The van der Waals surface area contributed by atoms with Crippen molar-refractivity contribution in [2.24, 2.45) is 0 Å². The minimum Gasteiger partial charge on any atom is -0.310 e. The number of nitrogens with zero attached hydrogens (tertiary/aromatic N) is 1. The Kier molecular flexibility index (Phi) is 4.00. The molecule has 0 amide bonds. The third-order valence-electron chi connectivity index (χ3n) is 2.84. The van der Waals surface area contributed by atoms with Gasteiger partial charge in [-0.25, -0.2) is 4.98 Å². The third-order valence-corrected chi connectivity index (χ3v) is 5.85. The average Bonchev–Trinajstić information content (AvgIpc) is 2.87. The molecule has 3 rings (SSSR count). The highest BCUT2D eigenvalue weighted by atomic mass is 79.9. The van der Waals surface area contributed by atoms with Gasteiger partial charge in [-0.1, -0.05) is 12.1 Å². The number of H-pyrrole nitrogens is 1. The smallest absolute Gasteiger partial charge is 0.255 e. The van der Waals surface area contributed by atoms with Crippen molar-refractivity contribution in [2.75, 3.05) is 0 Å². The van der Waals surface area contributed by atoms with Gasteiger partial charge in [0.25, 0.3) is 5.56 Å². The van der Waals surface area contributed by atoms with Crippen LogP contribution in [0.25, 0.3) is 0 Å². The van der Waals surface area contributed by atoms with E-state index >= 15 is 0 Å². The van der Waals surface area contributed by atoms with Gasteiger partial charge in [0, 0.05) is 26.4 Å². The summed E-state index contributed by atoms with van der Waals surface area (Å²) in [6, 6.07) is 8.05. The number of hydrogen-bond acceptors (Lipinski definition) is 4. The maximum Gasteiger partial charge on any atom is 0.255 e. The largest absolute Gasteiger partial charge is 0.310 e. The second-order valence-corrected chi connectivity index (χ2v) is 7.01. The topological polar surface area (TPSA) is 45.8 Å². The fraction of sp³-hybridized carbons (Fsp3) is 0.231. The first-order chi connectivity index (χ1) is 9.24. The summed E-state index contributed by atoms with van der Waals surface area (Å²) in [5, 5.41) is 0. The molecule has 2 aromatic rings. The van der Waals surface area contributed by atoms with Gasteiger partial charge in [0.2, 0.25) is 0 Å². The van der Waals surface area contributed by atoms with Crippen molar-refractivity contribution in [3.8, 4) is 0 Å². The summed E-state index contributed by atoms with van der Waals surface area (Å²) in [4.78, 5) is 20.5. The molecule has 0 radical (unpaired) electrons. The van der Waals surface area contributed by atoms with Crippen molar-refractivity contribution >= 4 is 39.5 Å². The van der Waals surface area contributed by atoms with E-state index in [1.54, 1.807) is 23.5 Å². The molecule has 1 N–H and O–H groups in total. The van der Waals surface area contributed by atoms with Crippen LogP contribution < -0.4 is 5.56 Å². The van der Waals surface area contributed by atoms with Crippen LogP contribution in [0.1, 0.15) is 17.1 Å². The number of hydrogen-bond donors (Lipinski definition) is 1. The maximum atomic E-state index is 11.9. The van der Waals surface area contributed by atoms with E-state index < -0.39 is 0 Å². The number of aromatic nitrogens is 2. The Morgan fingerprint density at radius 3 is 3.05 bits per heavy atom. The van der Waals surface area contributed by atoms with Crippen molar-refractivity contribution in [3.63, 3.8) is 0 Å². The van der Waals surface area contributed by atoms with E-state index in [1.807, 2.05) is 18.2 Å². The summed E-state index contributed by atoms with van der Waals surface area (Å²) in [6.45, 7) is 0. The molecule has 6 heteroatoms. The summed E-state index contributed by atoms with van der Waals surface area (Å²) in [5.74, 6) is 3.07. The zero-order chi connectivity index (χ0) is 13.2. The quantitative estimate of drug-likeness (QED) is 0.855. The first kappa shape index (κ1) is 13.3. The average molecular weight is 355 g/mol. The van der Waals surface area contributed by atoms with Gasteiger partial charge in [-0.3, -0.25) is 4.79 Å². The summed E-state index contributed by atoms with van der Waals surface area (Å²) in [5.41, 5.74) is 1.83. The highest BCUT2D eigenvalue weighted by Gasteiger charge is 2.17. The van der Waals surface area contributed by atoms with Gasteiger partial charge in [-0.15, -0.1) is 11.8 Å². The van der Waals surface area contributed by atoms with E-state index in [0.29, 0.717) is 5.75 Å². The van der Waals surface area contributed by atoms with E-state index in [0.717, 1.165) is 38.0 Å². The highest BCUT2D eigenvalue weighted by Crippen LogP contribution is 2.30. The van der Waals surface area contributed by atoms with E-state index in [4.69, 9.17) is 0 Å². The van der Waals surface area contributed by atoms with Crippen LogP contribution in [0.15, 0.2) is 38.4 Å². The molecule has 2 heterocycles. The maximum absolute atomic E-state index is 11.9. The lowest BCUT2D eigenvalue weighted by Crippen LogP contribution is -2.16. The minimum absolute atomic E-state index is 0.0257. The Labute approximate surface area is 127 Å². The molecule has 0 aliphatic carbocycles. The number of thioether (sulfide) groups is 2. The van der Waals surface area contributed by atoms with Crippen molar-refractivity contribution in [1.82, 2.24) is 9.97 Å². The molecule has 0 fully saturated rings. The molecule has 1 aliphatic rings. The van der Waals surface area contributed by atoms with Crippen LogP contribution in [-0.4, -0.2) is 9.97 Å². The highest BCUT2D eigenvalue weighted by molar-refractivity contribution is 9.10. The van der Waals surface area contributed by atoms with Crippen LogP contribution >= 0.6 is 39.5 Å². The van der Waals surface area contributed by atoms with Gasteiger partial charge < -0.3 is 4.98 Å². The Hall–Kier alpha value is -0.720. The molecular formula is C13H11BrN2OS2. The van der Waals surface area contributed by atoms with E-state index in [1.165, 1.54) is 0 Å². The van der Waals surface area contributed by atoms with Gasteiger partial charge in [0.1, 0.15) is 5.82 Å². The summed E-state index contributed by atoms with van der Waals surface area (Å²) in [7, 11) is 0. The number of rotatable bonds is 3. The number of halogens is 1. The van der Waals surface area contributed by atoms with Gasteiger partial charge in [0.15, 0.2) is 0 Å². The van der Waals surface area contributed by atoms with Crippen molar-refractivity contribution in [2.45, 2.75) is 22.2 Å². The van der Waals surface area contributed by atoms with Gasteiger partial charge in [0.05, 0.1) is 11.4 Å². The molecule has 0 atom stereocenters. The summed E-state index contributed by atoms with van der Waals surface area (Å²) >= 11 is 6.93. The van der Waals surface area contributed by atoms with Crippen LogP contribution in [0, 0.1) is 0 Å². The Balaban J connectivity index is 1.80. The van der Waals surface area contributed by atoms with Gasteiger partial charge in [-0.2, -0.15) is 11.8 Å². The van der Waals surface area contributed by atoms with Gasteiger partial charge in [-0.05, 0) is 28.1 Å². The fourth-order valence-electron chi connectivity index (χ4n) is 1.89.